The van der Waals surface area contributed by atoms with Crippen molar-refractivity contribution in [3.05, 3.63) is 114 Å². The van der Waals surface area contributed by atoms with Gasteiger partial charge in [-0.3, -0.25) is 14.2 Å². The van der Waals surface area contributed by atoms with Crippen LogP contribution >= 0.6 is 22.7 Å². The first kappa shape index (κ1) is 24.5. The number of nitrogens with zero attached hydrogens (tertiary/aromatic N) is 3. The Morgan fingerprint density at radius 2 is 1.82 bits per heavy atom. The van der Waals surface area contributed by atoms with Gasteiger partial charge in [0.25, 0.3) is 11.5 Å². The number of para-hydroxylation sites is 1. The molecule has 1 unspecified atom stereocenters. The summed E-state index contributed by atoms with van der Waals surface area (Å²) in [6.07, 6.45) is 1.90. The van der Waals surface area contributed by atoms with Gasteiger partial charge in [-0.05, 0) is 54.3 Å². The number of aromatic nitrogens is 1. The van der Waals surface area contributed by atoms with E-state index in [4.69, 9.17) is 9.73 Å². The Bertz CT molecular complexity index is 1660. The zero-order chi connectivity index (χ0) is 26.1. The van der Waals surface area contributed by atoms with Crippen LogP contribution in [0.1, 0.15) is 23.4 Å². The van der Waals surface area contributed by atoms with Crippen LogP contribution in [-0.2, 0) is 9.53 Å². The zero-order valence-corrected chi connectivity index (χ0v) is 22.4. The summed E-state index contributed by atoms with van der Waals surface area (Å²) in [5, 5.41) is 4.94. The van der Waals surface area contributed by atoms with E-state index in [2.05, 4.69) is 22.3 Å². The summed E-state index contributed by atoms with van der Waals surface area (Å²) >= 11 is 2.88. The number of carbonyl (C=O) groups excluding carboxylic acids is 1. The van der Waals surface area contributed by atoms with Gasteiger partial charge >= 0.3 is 0 Å². The fourth-order valence-electron chi connectivity index (χ4n) is 4.80. The Balaban J connectivity index is 1.38. The molecule has 1 saturated heterocycles. The highest BCUT2D eigenvalue weighted by molar-refractivity contribution is 7.10. The number of nitrogens with one attached hydrogen (secondary N) is 1. The number of amides is 1. The number of thiazole rings is 1. The summed E-state index contributed by atoms with van der Waals surface area (Å²) in [6.45, 7) is 5.06. The second kappa shape index (κ2) is 10.5. The summed E-state index contributed by atoms with van der Waals surface area (Å²) in [7, 11) is 0. The normalized spacial score (nSPS) is 17.8. The maximum atomic E-state index is 13.8. The van der Waals surface area contributed by atoms with E-state index in [1.54, 1.807) is 4.57 Å². The SMILES string of the molecule is CC1=C(C(=O)Nc2ccccc2)C(c2cccs2)n2c(s/c(=C/c3ccc(N4CCOCC4)cc3)c2=O)=N1. The molecular weight excluding hydrogens is 516 g/mol. The summed E-state index contributed by atoms with van der Waals surface area (Å²) in [5.41, 5.74) is 3.72. The maximum Gasteiger partial charge on any atom is 0.271 e. The molecule has 1 N–H and O–H groups in total. The number of benzene rings is 2. The van der Waals surface area contributed by atoms with Gasteiger partial charge in [-0.25, -0.2) is 4.99 Å². The number of fused-ring (bicyclic) bond motifs is 1. The van der Waals surface area contributed by atoms with Crippen molar-refractivity contribution in [3.63, 3.8) is 0 Å². The number of carbonyl (C=O) groups is 1. The zero-order valence-electron chi connectivity index (χ0n) is 20.8. The van der Waals surface area contributed by atoms with Crippen LogP contribution in [-0.4, -0.2) is 36.8 Å². The smallest absolute Gasteiger partial charge is 0.271 e. The van der Waals surface area contributed by atoms with Crippen molar-refractivity contribution in [2.75, 3.05) is 36.5 Å². The maximum absolute atomic E-state index is 13.8. The van der Waals surface area contributed by atoms with Crippen LogP contribution < -0.4 is 25.1 Å². The first-order valence-electron chi connectivity index (χ1n) is 12.4. The average Bonchev–Trinajstić information content (AvgIpc) is 3.58. The third-order valence-electron chi connectivity index (χ3n) is 6.68. The summed E-state index contributed by atoms with van der Waals surface area (Å²) in [6, 6.07) is 20.9. The molecule has 7 nitrogen and oxygen atoms in total. The van der Waals surface area contributed by atoms with Crippen molar-refractivity contribution in [2.45, 2.75) is 13.0 Å². The fraction of sp³-hybridized carbons (Fsp3) is 0.207. The lowest BCUT2D eigenvalue weighted by molar-refractivity contribution is -0.113. The van der Waals surface area contributed by atoms with Gasteiger partial charge in [0.05, 0.1) is 29.0 Å². The lowest BCUT2D eigenvalue weighted by Crippen LogP contribution is -2.40. The van der Waals surface area contributed by atoms with Gasteiger partial charge in [-0.1, -0.05) is 47.7 Å². The Morgan fingerprint density at radius 3 is 2.53 bits per heavy atom. The van der Waals surface area contributed by atoms with Gasteiger partial charge < -0.3 is 15.0 Å². The third-order valence-corrected chi connectivity index (χ3v) is 8.59. The van der Waals surface area contributed by atoms with Crippen LogP contribution in [0.2, 0.25) is 0 Å². The highest BCUT2D eigenvalue weighted by Gasteiger charge is 2.33. The number of morpholine rings is 1. The molecule has 2 aliphatic heterocycles. The predicted octanol–water partition coefficient (Wildman–Crippen LogP) is 3.77. The predicted molar refractivity (Wildman–Crippen MR) is 153 cm³/mol. The quantitative estimate of drug-likeness (QED) is 0.417. The van der Waals surface area contributed by atoms with Crippen molar-refractivity contribution in [2.24, 2.45) is 4.99 Å². The number of ether oxygens (including phenoxy) is 1. The molecule has 6 rings (SSSR count). The molecule has 0 saturated carbocycles. The molecular formula is C29H26N4O3S2. The minimum Gasteiger partial charge on any atom is -0.378 e. The highest BCUT2D eigenvalue weighted by Crippen LogP contribution is 2.33. The molecule has 9 heteroatoms. The minimum atomic E-state index is -0.541. The number of hydrogen-bond donors (Lipinski definition) is 1. The molecule has 2 aliphatic rings. The lowest BCUT2D eigenvalue weighted by Gasteiger charge is -2.28. The van der Waals surface area contributed by atoms with E-state index in [-0.39, 0.29) is 11.5 Å². The molecule has 0 spiro atoms. The van der Waals surface area contributed by atoms with Crippen LogP contribution in [0.25, 0.3) is 6.08 Å². The second-order valence-corrected chi connectivity index (χ2v) is 11.1. The van der Waals surface area contributed by atoms with Gasteiger partial charge in [0, 0.05) is 29.3 Å². The molecule has 1 atom stereocenters. The van der Waals surface area contributed by atoms with Crippen LogP contribution in [0.4, 0.5) is 11.4 Å². The summed E-state index contributed by atoms with van der Waals surface area (Å²) in [5.74, 6) is -0.260. The monoisotopic (exact) mass is 542 g/mol. The van der Waals surface area contributed by atoms with Crippen molar-refractivity contribution in [1.29, 1.82) is 0 Å². The molecule has 0 radical (unpaired) electrons. The molecule has 38 heavy (non-hydrogen) atoms. The molecule has 1 fully saturated rings. The van der Waals surface area contributed by atoms with Crippen molar-refractivity contribution >= 4 is 46.0 Å². The average molecular weight is 543 g/mol. The van der Waals surface area contributed by atoms with Crippen LogP contribution in [0, 0.1) is 0 Å². The molecule has 4 aromatic rings. The van der Waals surface area contributed by atoms with E-state index in [1.807, 2.05) is 73.0 Å². The van der Waals surface area contributed by atoms with Gasteiger partial charge in [0.15, 0.2) is 4.80 Å². The van der Waals surface area contributed by atoms with Crippen LogP contribution in [0.3, 0.4) is 0 Å². The topological polar surface area (TPSA) is 75.9 Å². The summed E-state index contributed by atoms with van der Waals surface area (Å²) in [4.78, 5) is 35.8. The largest absolute Gasteiger partial charge is 0.378 e. The lowest BCUT2D eigenvalue weighted by atomic mass is 10.0. The molecule has 1 amide bonds. The Morgan fingerprint density at radius 1 is 1.05 bits per heavy atom. The van der Waals surface area contributed by atoms with Gasteiger partial charge in [0.1, 0.15) is 6.04 Å². The van der Waals surface area contributed by atoms with Gasteiger partial charge in [-0.15, -0.1) is 11.3 Å². The number of hydrogen-bond acceptors (Lipinski definition) is 7. The molecule has 2 aromatic carbocycles. The minimum absolute atomic E-state index is 0.151. The molecule has 0 bridgehead atoms. The standard InChI is InChI=1S/C29H26N4O3S2/c1-19-25(27(34)31-21-6-3-2-4-7-21)26(23-8-5-17-37-23)33-28(35)24(38-29(33)30-19)18-20-9-11-22(12-10-20)32-13-15-36-16-14-32/h2-12,17-18,26H,13-16H2,1H3,(H,31,34)/b24-18+. The molecule has 4 heterocycles. The van der Waals surface area contributed by atoms with E-state index < -0.39 is 6.04 Å². The summed E-state index contributed by atoms with van der Waals surface area (Å²) < 4.78 is 7.70. The first-order valence-corrected chi connectivity index (χ1v) is 14.1. The first-order chi connectivity index (χ1) is 18.6. The second-order valence-electron chi connectivity index (χ2n) is 9.11. The number of anilines is 2. The number of thiophene rings is 1. The van der Waals surface area contributed by atoms with Crippen molar-refractivity contribution in [1.82, 2.24) is 4.57 Å². The Hall–Kier alpha value is -3.79. The van der Waals surface area contributed by atoms with Crippen molar-refractivity contribution < 1.29 is 9.53 Å². The van der Waals surface area contributed by atoms with E-state index >= 15 is 0 Å². The van der Waals surface area contributed by atoms with Gasteiger partial charge in [0.2, 0.25) is 0 Å². The number of allylic oxidation sites excluding steroid dienone is 1. The van der Waals surface area contributed by atoms with E-state index in [0.717, 1.165) is 42.4 Å². The van der Waals surface area contributed by atoms with E-state index in [1.165, 1.54) is 22.7 Å². The third kappa shape index (κ3) is 4.76. The van der Waals surface area contributed by atoms with Gasteiger partial charge in [-0.2, -0.15) is 0 Å². The molecule has 2 aromatic heterocycles. The Labute approximate surface area is 227 Å². The van der Waals surface area contributed by atoms with Crippen molar-refractivity contribution in [3.8, 4) is 0 Å². The van der Waals surface area contributed by atoms with Crippen LogP contribution in [0.5, 0.6) is 0 Å². The van der Waals surface area contributed by atoms with E-state index in [0.29, 0.717) is 26.3 Å². The molecule has 0 aliphatic carbocycles. The Kier molecular flexibility index (Phi) is 6.80. The fourth-order valence-corrected chi connectivity index (χ4v) is 6.67. The molecule has 192 valence electrons. The van der Waals surface area contributed by atoms with E-state index in [9.17, 15) is 9.59 Å². The highest BCUT2D eigenvalue weighted by atomic mass is 32.1. The van der Waals surface area contributed by atoms with Crippen LogP contribution in [0.15, 0.2) is 93.2 Å². The number of rotatable bonds is 5.